The Morgan fingerprint density at radius 1 is 1.67 bits per heavy atom. The fraction of sp³-hybridized carbons (Fsp3) is 0.444. The van der Waals surface area contributed by atoms with Gasteiger partial charge in [-0.2, -0.15) is 0 Å². The Morgan fingerprint density at radius 2 is 2.50 bits per heavy atom. The van der Waals surface area contributed by atoms with Gasteiger partial charge in [0.05, 0.1) is 0 Å². The minimum Gasteiger partial charge on any atom is -0.384 e. The Bertz CT molecular complexity index is 293. The minimum absolute atomic E-state index is 0.112. The van der Waals surface area contributed by atoms with Crippen LogP contribution in [0.3, 0.4) is 0 Å². The van der Waals surface area contributed by atoms with E-state index >= 15 is 0 Å². The molecule has 0 atom stereocenters. The van der Waals surface area contributed by atoms with Crippen LogP contribution in [-0.2, 0) is 6.54 Å². The summed E-state index contributed by atoms with van der Waals surface area (Å²) in [4.78, 5) is 4.05. The lowest BCUT2D eigenvalue weighted by molar-refractivity contribution is 0.350. The molecule has 0 saturated carbocycles. The summed E-state index contributed by atoms with van der Waals surface area (Å²) >= 11 is 0. The molecule has 0 amide bonds. The molecule has 0 aromatic carbocycles. The average molecular weight is 164 g/mol. The monoisotopic (exact) mass is 164 g/mol. The molecule has 0 aliphatic heterocycles. The van der Waals surface area contributed by atoms with E-state index in [0.717, 1.165) is 18.8 Å². The Hall–Kier alpha value is -1.27. The van der Waals surface area contributed by atoms with Crippen molar-refractivity contribution in [3.63, 3.8) is 0 Å². The first-order valence-electron chi connectivity index (χ1n) is 3.99. The van der Waals surface area contributed by atoms with Crippen LogP contribution in [0.2, 0.25) is 0 Å². The van der Waals surface area contributed by atoms with Gasteiger partial charge in [0.1, 0.15) is 6.61 Å². The second-order valence-corrected chi connectivity index (χ2v) is 2.40. The lowest BCUT2D eigenvalue weighted by atomic mass is 10.4. The van der Waals surface area contributed by atoms with Crippen LogP contribution in [0.15, 0.2) is 12.4 Å². The number of imidazole rings is 1. The molecular weight excluding hydrogens is 152 g/mol. The number of hydrogen-bond acceptors (Lipinski definition) is 2. The molecule has 0 fully saturated rings. The Balaban J connectivity index is 2.76. The van der Waals surface area contributed by atoms with Crippen LogP contribution >= 0.6 is 0 Å². The van der Waals surface area contributed by atoms with Crippen LogP contribution < -0.4 is 0 Å². The molecule has 0 unspecified atom stereocenters. The van der Waals surface area contributed by atoms with Gasteiger partial charge in [0, 0.05) is 18.9 Å². The number of aliphatic hydroxyl groups excluding tert-OH is 1. The number of hydrogen-bond donors (Lipinski definition) is 1. The summed E-state index contributed by atoms with van der Waals surface area (Å²) in [7, 11) is 0. The first kappa shape index (κ1) is 8.82. The van der Waals surface area contributed by atoms with Crippen molar-refractivity contribution >= 4 is 0 Å². The molecule has 1 rings (SSSR count). The molecule has 1 N–H and O–H groups in total. The van der Waals surface area contributed by atoms with Gasteiger partial charge in [-0.25, -0.2) is 4.98 Å². The summed E-state index contributed by atoms with van der Waals surface area (Å²) in [5, 5.41) is 8.48. The molecule has 1 aromatic heterocycles. The molecule has 0 saturated heterocycles. The predicted molar refractivity (Wildman–Crippen MR) is 46.5 cm³/mol. The van der Waals surface area contributed by atoms with Gasteiger partial charge in [-0.3, -0.25) is 0 Å². The van der Waals surface area contributed by atoms with Gasteiger partial charge in [-0.1, -0.05) is 12.8 Å². The first-order valence-corrected chi connectivity index (χ1v) is 3.99. The Morgan fingerprint density at radius 3 is 3.17 bits per heavy atom. The molecule has 64 valence electrons. The fourth-order valence-electron chi connectivity index (χ4n) is 0.973. The van der Waals surface area contributed by atoms with Gasteiger partial charge >= 0.3 is 0 Å². The molecule has 12 heavy (non-hydrogen) atoms. The number of rotatable bonds is 2. The SMILES string of the molecule is CCCn1ccnc1C#CCO. The van der Waals surface area contributed by atoms with Crippen molar-refractivity contribution in [2.45, 2.75) is 19.9 Å². The van der Waals surface area contributed by atoms with Gasteiger partial charge < -0.3 is 9.67 Å². The highest BCUT2D eigenvalue weighted by Gasteiger charge is 1.95. The zero-order chi connectivity index (χ0) is 8.81. The van der Waals surface area contributed by atoms with Crippen LogP contribution in [-0.4, -0.2) is 21.3 Å². The average Bonchev–Trinajstić information content (AvgIpc) is 2.50. The smallest absolute Gasteiger partial charge is 0.185 e. The van der Waals surface area contributed by atoms with Crippen LogP contribution in [0.5, 0.6) is 0 Å². The van der Waals surface area contributed by atoms with E-state index in [1.807, 2.05) is 10.8 Å². The van der Waals surface area contributed by atoms with Crippen molar-refractivity contribution in [3.8, 4) is 11.8 Å². The summed E-state index contributed by atoms with van der Waals surface area (Å²) < 4.78 is 1.97. The molecule has 1 aromatic rings. The number of aryl methyl sites for hydroxylation is 1. The summed E-state index contributed by atoms with van der Waals surface area (Å²) in [5.41, 5.74) is 0. The van der Waals surface area contributed by atoms with Gasteiger partial charge in [-0.15, -0.1) is 0 Å². The largest absolute Gasteiger partial charge is 0.384 e. The molecule has 0 aliphatic carbocycles. The summed E-state index contributed by atoms with van der Waals surface area (Å²) in [5.74, 6) is 6.08. The second-order valence-electron chi connectivity index (χ2n) is 2.40. The number of aromatic nitrogens is 2. The van der Waals surface area contributed by atoms with Crippen molar-refractivity contribution in [3.05, 3.63) is 18.2 Å². The zero-order valence-corrected chi connectivity index (χ0v) is 7.12. The maximum absolute atomic E-state index is 8.48. The van der Waals surface area contributed by atoms with Crippen molar-refractivity contribution in [1.82, 2.24) is 9.55 Å². The Kier molecular flexibility index (Phi) is 3.36. The molecule has 0 bridgehead atoms. The van der Waals surface area contributed by atoms with Gasteiger partial charge in [-0.05, 0) is 12.3 Å². The van der Waals surface area contributed by atoms with E-state index in [-0.39, 0.29) is 6.61 Å². The maximum atomic E-state index is 8.48. The third kappa shape index (κ3) is 2.11. The first-order chi connectivity index (χ1) is 5.88. The molecule has 3 heteroatoms. The highest BCUT2D eigenvalue weighted by Crippen LogP contribution is 1.96. The molecule has 1 heterocycles. The van der Waals surface area contributed by atoms with E-state index in [0.29, 0.717) is 0 Å². The van der Waals surface area contributed by atoms with E-state index in [2.05, 4.69) is 23.7 Å². The van der Waals surface area contributed by atoms with Crippen molar-refractivity contribution in [2.75, 3.05) is 6.61 Å². The quantitative estimate of drug-likeness (QED) is 0.651. The predicted octanol–water partition coefficient (Wildman–Crippen LogP) is 0.637. The van der Waals surface area contributed by atoms with Crippen LogP contribution in [0.1, 0.15) is 19.2 Å². The number of aliphatic hydroxyl groups is 1. The summed E-state index contributed by atoms with van der Waals surface area (Å²) in [6.07, 6.45) is 4.67. The van der Waals surface area contributed by atoms with E-state index in [4.69, 9.17) is 5.11 Å². The van der Waals surface area contributed by atoms with E-state index in [9.17, 15) is 0 Å². The molecule has 3 nitrogen and oxygen atoms in total. The third-order valence-electron chi connectivity index (χ3n) is 1.46. The zero-order valence-electron chi connectivity index (χ0n) is 7.12. The van der Waals surface area contributed by atoms with Crippen molar-refractivity contribution < 1.29 is 5.11 Å². The van der Waals surface area contributed by atoms with E-state index in [1.54, 1.807) is 6.20 Å². The molecule has 0 aliphatic rings. The highest BCUT2D eigenvalue weighted by atomic mass is 16.2. The normalized spacial score (nSPS) is 9.17. The maximum Gasteiger partial charge on any atom is 0.185 e. The van der Waals surface area contributed by atoms with Crippen molar-refractivity contribution in [1.29, 1.82) is 0 Å². The minimum atomic E-state index is -0.112. The molecular formula is C9H12N2O. The standard InChI is InChI=1S/C9H12N2O/c1-2-6-11-7-5-10-9(11)4-3-8-12/h5,7,12H,2,6,8H2,1H3. The van der Waals surface area contributed by atoms with E-state index < -0.39 is 0 Å². The van der Waals surface area contributed by atoms with Crippen LogP contribution in [0, 0.1) is 11.8 Å². The molecule has 0 spiro atoms. The van der Waals surface area contributed by atoms with Crippen molar-refractivity contribution in [2.24, 2.45) is 0 Å². The van der Waals surface area contributed by atoms with Gasteiger partial charge in [0.25, 0.3) is 0 Å². The van der Waals surface area contributed by atoms with Crippen LogP contribution in [0.25, 0.3) is 0 Å². The molecule has 0 radical (unpaired) electrons. The lowest BCUT2D eigenvalue weighted by Gasteiger charge is -1.98. The lowest BCUT2D eigenvalue weighted by Crippen LogP contribution is -1.98. The van der Waals surface area contributed by atoms with Gasteiger partial charge in [0.15, 0.2) is 5.82 Å². The Labute approximate surface area is 72.1 Å². The summed E-state index contributed by atoms with van der Waals surface area (Å²) in [6.45, 7) is 2.91. The topological polar surface area (TPSA) is 38.0 Å². The number of nitrogens with zero attached hydrogens (tertiary/aromatic N) is 2. The van der Waals surface area contributed by atoms with E-state index in [1.165, 1.54) is 0 Å². The third-order valence-corrected chi connectivity index (χ3v) is 1.46. The highest BCUT2D eigenvalue weighted by molar-refractivity contribution is 5.21. The van der Waals surface area contributed by atoms with Gasteiger partial charge in [0.2, 0.25) is 0 Å². The second kappa shape index (κ2) is 4.58. The fourth-order valence-corrected chi connectivity index (χ4v) is 0.973. The van der Waals surface area contributed by atoms with Crippen LogP contribution in [0.4, 0.5) is 0 Å². The summed E-state index contributed by atoms with van der Waals surface area (Å²) in [6, 6.07) is 0.